The second kappa shape index (κ2) is 8.65. The summed E-state index contributed by atoms with van der Waals surface area (Å²) in [6.07, 6.45) is -0.244. The predicted octanol–water partition coefficient (Wildman–Crippen LogP) is 1.95. The normalized spacial score (nSPS) is 21.7. The summed E-state index contributed by atoms with van der Waals surface area (Å²) < 4.78 is 31.6. The van der Waals surface area contributed by atoms with Crippen molar-refractivity contribution in [3.63, 3.8) is 0 Å². The molecule has 1 amide bonds. The summed E-state index contributed by atoms with van der Waals surface area (Å²) in [6, 6.07) is 3.03. The van der Waals surface area contributed by atoms with E-state index in [1.807, 2.05) is 5.32 Å². The lowest BCUT2D eigenvalue weighted by atomic mass is 9.88. The second-order valence-corrected chi connectivity index (χ2v) is 6.44. The third-order valence-corrected chi connectivity index (χ3v) is 4.52. The summed E-state index contributed by atoms with van der Waals surface area (Å²) in [6.45, 7) is 0.467. The third kappa shape index (κ3) is 5.28. The van der Waals surface area contributed by atoms with Crippen LogP contribution in [0.15, 0.2) is 18.2 Å². The van der Waals surface area contributed by atoms with Crippen LogP contribution in [0.2, 0.25) is 0 Å². The molecule has 1 aliphatic rings. The second-order valence-electron chi connectivity index (χ2n) is 6.44. The molecule has 1 fully saturated rings. The number of ether oxygens (including phenoxy) is 1. The molecule has 0 saturated heterocycles. The number of carbonyl (C=O) groups is 3. The number of ketones is 1. The van der Waals surface area contributed by atoms with Crippen LogP contribution in [-0.4, -0.2) is 35.7 Å². The van der Waals surface area contributed by atoms with Gasteiger partial charge < -0.3 is 10.1 Å². The van der Waals surface area contributed by atoms with Gasteiger partial charge in [-0.3, -0.25) is 24.5 Å². The van der Waals surface area contributed by atoms with E-state index >= 15 is 0 Å². The number of nitrogens with one attached hydrogen (secondary N) is 1. The van der Waals surface area contributed by atoms with Crippen molar-refractivity contribution < 1.29 is 32.8 Å². The van der Waals surface area contributed by atoms with Crippen LogP contribution in [0.5, 0.6) is 0 Å². The minimum atomic E-state index is -0.983. The number of Topliss-reactive ketones (excluding diaryl/α,β-unsaturated/α-hetero) is 1. The molecule has 0 heterocycles. The van der Waals surface area contributed by atoms with Gasteiger partial charge in [0, 0.05) is 23.2 Å². The summed E-state index contributed by atoms with van der Waals surface area (Å²) in [5.41, 5.74) is -0.663. The van der Waals surface area contributed by atoms with Gasteiger partial charge in [-0.25, -0.2) is 8.78 Å². The molecule has 0 spiro atoms. The maximum Gasteiger partial charge on any atom is 0.307 e. The van der Waals surface area contributed by atoms with Gasteiger partial charge >= 0.3 is 5.97 Å². The fourth-order valence-electron chi connectivity index (χ4n) is 3.18. The Morgan fingerprint density at radius 2 is 1.96 bits per heavy atom. The van der Waals surface area contributed by atoms with Crippen LogP contribution in [0.25, 0.3) is 0 Å². The first kappa shape index (κ1) is 20.4. The van der Waals surface area contributed by atoms with E-state index < -0.39 is 59.1 Å². The molecule has 0 bridgehead atoms. The minimum absolute atomic E-state index is 0.142. The topological polar surface area (TPSA) is 116 Å². The zero-order chi connectivity index (χ0) is 20.1. The van der Waals surface area contributed by atoms with Crippen molar-refractivity contribution in [2.24, 2.45) is 17.8 Å². The van der Waals surface area contributed by atoms with Crippen LogP contribution < -0.4 is 5.32 Å². The number of halogens is 2. The largest absolute Gasteiger partial charge is 0.456 e. The van der Waals surface area contributed by atoms with Crippen molar-refractivity contribution >= 4 is 23.3 Å². The molecule has 1 aromatic carbocycles. The smallest absolute Gasteiger partial charge is 0.307 e. The van der Waals surface area contributed by atoms with Crippen molar-refractivity contribution in [3.8, 4) is 0 Å². The quantitative estimate of drug-likeness (QED) is 0.436. The maximum absolute atomic E-state index is 13.5. The Kier molecular flexibility index (Phi) is 6.54. The third-order valence-electron chi connectivity index (χ3n) is 4.52. The zero-order valence-electron chi connectivity index (χ0n) is 14.4. The summed E-state index contributed by atoms with van der Waals surface area (Å²) >= 11 is 0. The Morgan fingerprint density at radius 3 is 2.56 bits per heavy atom. The van der Waals surface area contributed by atoms with Gasteiger partial charge in [0.1, 0.15) is 23.1 Å². The molecule has 10 heteroatoms. The summed E-state index contributed by atoms with van der Waals surface area (Å²) in [5, 5.41) is 12.7. The molecule has 1 N–H and O–H groups in total. The monoisotopic (exact) mass is 384 g/mol. The molecule has 146 valence electrons. The number of carbonyl (C=O) groups excluding carboxylic acids is 3. The highest BCUT2D eigenvalue weighted by Gasteiger charge is 2.44. The number of nitrogens with zero attached hydrogens (tertiary/aromatic N) is 1. The first-order valence-electron chi connectivity index (χ1n) is 8.23. The summed E-state index contributed by atoms with van der Waals surface area (Å²) in [4.78, 5) is 45.8. The highest BCUT2D eigenvalue weighted by molar-refractivity contribution is 5.93. The fourth-order valence-corrected chi connectivity index (χ4v) is 3.18. The van der Waals surface area contributed by atoms with Gasteiger partial charge in [-0.1, -0.05) is 13.0 Å². The van der Waals surface area contributed by atoms with E-state index in [4.69, 9.17) is 4.74 Å². The Labute approximate surface area is 153 Å². The van der Waals surface area contributed by atoms with E-state index in [2.05, 4.69) is 0 Å². The van der Waals surface area contributed by atoms with E-state index in [9.17, 15) is 33.3 Å². The Balaban J connectivity index is 1.89. The fraction of sp³-hybridized carbons (Fsp3) is 0.471. The lowest BCUT2D eigenvalue weighted by Gasteiger charge is -2.17. The molecule has 1 aliphatic carbocycles. The van der Waals surface area contributed by atoms with E-state index in [0.717, 1.165) is 18.2 Å². The van der Waals surface area contributed by atoms with Crippen LogP contribution in [0.3, 0.4) is 0 Å². The van der Waals surface area contributed by atoms with Crippen LogP contribution in [0.4, 0.5) is 14.5 Å². The number of hydrogen-bond donors (Lipinski definition) is 1. The highest BCUT2D eigenvalue weighted by Crippen LogP contribution is 2.36. The number of para-hydroxylation sites is 1. The molecule has 27 heavy (non-hydrogen) atoms. The average molecular weight is 384 g/mol. The Morgan fingerprint density at radius 1 is 1.33 bits per heavy atom. The highest BCUT2D eigenvalue weighted by atomic mass is 19.1. The molecular formula is C17H18F2N2O6. The standard InChI is InChI=1S/C17H18F2N2O6/c1-9-5-14(22)10(11(9)7-21(25)26)6-16(24)27-8-15(23)20-17-12(18)3-2-4-13(17)19/h2-4,9-11H,5-8H2,1H3,(H,20,23)/t9-,10-,11+/m0/s1. The SMILES string of the molecule is C[C@H]1CC(=O)[C@@H](CC(=O)OCC(=O)Nc2c(F)cccc2F)[C@@H]1C[N+](=O)[O-]. The summed E-state index contributed by atoms with van der Waals surface area (Å²) in [7, 11) is 0. The first-order valence-corrected chi connectivity index (χ1v) is 8.23. The number of nitro groups is 1. The number of anilines is 1. The predicted molar refractivity (Wildman–Crippen MR) is 88.2 cm³/mol. The number of hydrogen-bond acceptors (Lipinski definition) is 6. The van der Waals surface area contributed by atoms with Crippen molar-refractivity contribution in [2.45, 2.75) is 19.8 Å². The molecule has 3 atom stereocenters. The Hall–Kier alpha value is -2.91. The van der Waals surface area contributed by atoms with Crippen LogP contribution in [-0.2, 0) is 19.1 Å². The van der Waals surface area contributed by atoms with Gasteiger partial charge in [0.05, 0.1) is 6.42 Å². The summed E-state index contributed by atoms with van der Waals surface area (Å²) in [5.74, 6) is -5.73. The molecule has 0 radical (unpaired) electrons. The molecule has 1 saturated carbocycles. The minimum Gasteiger partial charge on any atom is -0.456 e. The number of esters is 1. The van der Waals surface area contributed by atoms with Gasteiger partial charge in [0.15, 0.2) is 6.61 Å². The van der Waals surface area contributed by atoms with Crippen LogP contribution in [0.1, 0.15) is 19.8 Å². The number of rotatable bonds is 7. The van der Waals surface area contributed by atoms with Gasteiger partial charge in [-0.15, -0.1) is 0 Å². The molecule has 8 nitrogen and oxygen atoms in total. The van der Waals surface area contributed by atoms with E-state index in [-0.39, 0.29) is 24.5 Å². The van der Waals surface area contributed by atoms with Gasteiger partial charge in [0.2, 0.25) is 6.54 Å². The average Bonchev–Trinajstić information content (AvgIpc) is 2.83. The zero-order valence-corrected chi connectivity index (χ0v) is 14.4. The van der Waals surface area contributed by atoms with Gasteiger partial charge in [-0.05, 0) is 18.1 Å². The van der Waals surface area contributed by atoms with Crippen molar-refractivity contribution in [1.29, 1.82) is 0 Å². The van der Waals surface area contributed by atoms with E-state index in [1.165, 1.54) is 0 Å². The van der Waals surface area contributed by atoms with Crippen LogP contribution in [0, 0.1) is 39.5 Å². The van der Waals surface area contributed by atoms with Crippen molar-refractivity contribution in [2.75, 3.05) is 18.5 Å². The van der Waals surface area contributed by atoms with E-state index in [1.54, 1.807) is 6.92 Å². The van der Waals surface area contributed by atoms with E-state index in [0.29, 0.717) is 0 Å². The molecular weight excluding hydrogens is 366 g/mol. The lowest BCUT2D eigenvalue weighted by Crippen LogP contribution is -2.28. The van der Waals surface area contributed by atoms with Crippen LogP contribution >= 0.6 is 0 Å². The maximum atomic E-state index is 13.5. The Bertz CT molecular complexity index is 750. The molecule has 0 aliphatic heterocycles. The number of benzene rings is 1. The molecule has 1 aromatic rings. The molecule has 0 aromatic heterocycles. The molecule has 2 rings (SSSR count). The van der Waals surface area contributed by atoms with Crippen molar-refractivity contribution in [1.82, 2.24) is 0 Å². The first-order chi connectivity index (χ1) is 12.7. The van der Waals surface area contributed by atoms with Gasteiger partial charge in [0.25, 0.3) is 5.91 Å². The lowest BCUT2D eigenvalue weighted by molar-refractivity contribution is -0.490. The molecule has 0 unspecified atom stereocenters. The van der Waals surface area contributed by atoms with Gasteiger partial charge in [-0.2, -0.15) is 0 Å². The van der Waals surface area contributed by atoms with Crippen molar-refractivity contribution in [3.05, 3.63) is 39.9 Å². The number of amides is 1.